The number of unbranched alkanes of at least 4 members (excludes halogenated alkanes) is 1. The van der Waals surface area contributed by atoms with Crippen LogP contribution < -0.4 is 16.2 Å². The Morgan fingerprint density at radius 2 is 1.95 bits per heavy atom. The summed E-state index contributed by atoms with van der Waals surface area (Å²) in [5.74, 6) is 7.95. The minimum absolute atomic E-state index is 0.0915. The van der Waals surface area contributed by atoms with Gasteiger partial charge in [-0.2, -0.15) is 0 Å². The van der Waals surface area contributed by atoms with Crippen molar-refractivity contribution in [3.05, 3.63) is 11.9 Å². The van der Waals surface area contributed by atoms with Crippen LogP contribution >= 0.6 is 0 Å². The van der Waals surface area contributed by atoms with Crippen molar-refractivity contribution in [1.29, 1.82) is 0 Å². The minimum Gasteiger partial charge on any atom is -0.357 e. The Balaban J connectivity index is 3.11. The molecule has 1 aromatic rings. The van der Waals surface area contributed by atoms with Gasteiger partial charge in [0.25, 0.3) is 0 Å². The largest absolute Gasteiger partial charge is 0.357 e. The van der Waals surface area contributed by atoms with E-state index in [1.54, 1.807) is 0 Å². The molecule has 0 aliphatic rings. The van der Waals surface area contributed by atoms with E-state index in [9.17, 15) is 0 Å². The molecule has 0 radical (unpaired) electrons. The van der Waals surface area contributed by atoms with Gasteiger partial charge in [0.15, 0.2) is 0 Å². The van der Waals surface area contributed by atoms with Gasteiger partial charge in [0, 0.05) is 24.6 Å². The number of hydrogen-bond donors (Lipinski definition) is 2. The first-order valence-electron chi connectivity index (χ1n) is 7.03. The molecule has 19 heavy (non-hydrogen) atoms. The molecule has 0 saturated carbocycles. The molecule has 0 bridgehead atoms. The standard InChI is InChI=1S/C14H27N5/c1-6-8-9-19(7-2)12-10-11(18-15)16-13(17-12)14(3,4)5/h10H,6-9,15H2,1-5H3,(H,16,17,18). The van der Waals surface area contributed by atoms with E-state index in [1.165, 1.54) is 6.42 Å². The number of anilines is 2. The molecule has 1 heterocycles. The van der Waals surface area contributed by atoms with Gasteiger partial charge >= 0.3 is 0 Å². The molecule has 0 fully saturated rings. The van der Waals surface area contributed by atoms with Crippen molar-refractivity contribution in [1.82, 2.24) is 9.97 Å². The van der Waals surface area contributed by atoms with Gasteiger partial charge in [-0.25, -0.2) is 15.8 Å². The fourth-order valence-electron chi connectivity index (χ4n) is 1.79. The van der Waals surface area contributed by atoms with E-state index in [0.29, 0.717) is 5.82 Å². The second-order valence-electron chi connectivity index (χ2n) is 5.76. The average Bonchev–Trinajstić information content (AvgIpc) is 2.38. The van der Waals surface area contributed by atoms with Crippen LogP contribution in [-0.2, 0) is 5.41 Å². The first-order chi connectivity index (χ1) is 8.92. The number of rotatable bonds is 6. The predicted molar refractivity (Wildman–Crippen MR) is 81.3 cm³/mol. The molecule has 108 valence electrons. The van der Waals surface area contributed by atoms with E-state index in [1.807, 2.05) is 6.07 Å². The summed E-state index contributed by atoms with van der Waals surface area (Å²) in [5, 5.41) is 0. The summed E-state index contributed by atoms with van der Waals surface area (Å²) < 4.78 is 0. The Labute approximate surface area is 116 Å². The Bertz CT molecular complexity index is 397. The zero-order chi connectivity index (χ0) is 14.5. The summed E-state index contributed by atoms with van der Waals surface area (Å²) >= 11 is 0. The Morgan fingerprint density at radius 1 is 1.26 bits per heavy atom. The lowest BCUT2D eigenvalue weighted by atomic mass is 9.96. The van der Waals surface area contributed by atoms with Crippen LogP contribution in [0.25, 0.3) is 0 Å². The van der Waals surface area contributed by atoms with Crippen molar-refractivity contribution in [2.45, 2.75) is 52.9 Å². The van der Waals surface area contributed by atoms with E-state index >= 15 is 0 Å². The van der Waals surface area contributed by atoms with Crippen LogP contribution in [-0.4, -0.2) is 23.1 Å². The first-order valence-corrected chi connectivity index (χ1v) is 7.03. The van der Waals surface area contributed by atoms with Crippen LogP contribution in [0.15, 0.2) is 6.07 Å². The Morgan fingerprint density at radius 3 is 2.42 bits per heavy atom. The first kappa shape index (κ1) is 15.7. The van der Waals surface area contributed by atoms with Crippen molar-refractivity contribution in [2.75, 3.05) is 23.4 Å². The molecular weight excluding hydrogens is 238 g/mol. The molecule has 0 amide bonds. The summed E-state index contributed by atoms with van der Waals surface area (Å²) in [6, 6.07) is 1.91. The highest BCUT2D eigenvalue weighted by molar-refractivity contribution is 5.49. The summed E-state index contributed by atoms with van der Waals surface area (Å²) in [6.45, 7) is 12.6. The van der Waals surface area contributed by atoms with Crippen LogP contribution in [0.2, 0.25) is 0 Å². The van der Waals surface area contributed by atoms with E-state index in [0.717, 1.165) is 31.2 Å². The number of aromatic nitrogens is 2. The molecular formula is C14H27N5. The number of nitrogens with zero attached hydrogens (tertiary/aromatic N) is 3. The maximum absolute atomic E-state index is 5.51. The van der Waals surface area contributed by atoms with Crippen LogP contribution in [0.5, 0.6) is 0 Å². The Hall–Kier alpha value is -1.36. The van der Waals surface area contributed by atoms with Crippen LogP contribution in [0.3, 0.4) is 0 Å². The van der Waals surface area contributed by atoms with Gasteiger partial charge in [-0.15, -0.1) is 0 Å². The lowest BCUT2D eigenvalue weighted by Crippen LogP contribution is -2.27. The third-order valence-electron chi connectivity index (χ3n) is 3.02. The molecule has 0 aliphatic heterocycles. The highest BCUT2D eigenvalue weighted by atomic mass is 15.3. The lowest BCUT2D eigenvalue weighted by Gasteiger charge is -2.25. The van der Waals surface area contributed by atoms with E-state index in [2.05, 4.69) is 49.9 Å². The molecule has 0 aliphatic carbocycles. The van der Waals surface area contributed by atoms with Crippen molar-refractivity contribution in [2.24, 2.45) is 5.84 Å². The summed E-state index contributed by atoms with van der Waals surface area (Å²) in [4.78, 5) is 11.4. The molecule has 5 nitrogen and oxygen atoms in total. The molecule has 0 aromatic carbocycles. The van der Waals surface area contributed by atoms with Crippen molar-refractivity contribution < 1.29 is 0 Å². The zero-order valence-corrected chi connectivity index (χ0v) is 12.8. The fraction of sp³-hybridized carbons (Fsp3) is 0.714. The second-order valence-corrected chi connectivity index (χ2v) is 5.76. The number of nitrogens with one attached hydrogen (secondary N) is 1. The third kappa shape index (κ3) is 4.35. The van der Waals surface area contributed by atoms with E-state index in [4.69, 9.17) is 10.8 Å². The summed E-state index contributed by atoms with van der Waals surface area (Å²) in [5.41, 5.74) is 2.55. The number of nitrogen functional groups attached to an aromatic ring is 1. The molecule has 0 unspecified atom stereocenters. The highest BCUT2D eigenvalue weighted by Crippen LogP contribution is 2.23. The minimum atomic E-state index is -0.0915. The number of hydrazine groups is 1. The van der Waals surface area contributed by atoms with Crippen molar-refractivity contribution >= 4 is 11.6 Å². The number of nitrogens with two attached hydrogens (primary N) is 1. The van der Waals surface area contributed by atoms with Crippen LogP contribution in [0.1, 0.15) is 53.3 Å². The molecule has 0 saturated heterocycles. The second kappa shape index (κ2) is 6.70. The normalized spacial score (nSPS) is 11.5. The lowest BCUT2D eigenvalue weighted by molar-refractivity contribution is 0.544. The van der Waals surface area contributed by atoms with Crippen LogP contribution in [0.4, 0.5) is 11.6 Å². The van der Waals surface area contributed by atoms with Gasteiger partial charge in [-0.05, 0) is 13.3 Å². The van der Waals surface area contributed by atoms with E-state index < -0.39 is 0 Å². The van der Waals surface area contributed by atoms with Gasteiger partial charge in [-0.1, -0.05) is 34.1 Å². The molecule has 0 atom stereocenters. The summed E-state index contributed by atoms with van der Waals surface area (Å²) in [6.07, 6.45) is 2.34. The van der Waals surface area contributed by atoms with Gasteiger partial charge in [0.1, 0.15) is 17.5 Å². The topological polar surface area (TPSA) is 67.1 Å². The van der Waals surface area contributed by atoms with Crippen molar-refractivity contribution in [3.8, 4) is 0 Å². The molecule has 5 heteroatoms. The van der Waals surface area contributed by atoms with E-state index in [-0.39, 0.29) is 5.41 Å². The maximum Gasteiger partial charge on any atom is 0.145 e. The third-order valence-corrected chi connectivity index (χ3v) is 3.02. The van der Waals surface area contributed by atoms with Crippen LogP contribution in [0, 0.1) is 0 Å². The SMILES string of the molecule is CCCCN(CC)c1cc(NN)nc(C(C)(C)C)n1. The predicted octanol–water partition coefficient (Wildman–Crippen LogP) is 2.69. The average molecular weight is 265 g/mol. The molecule has 3 N–H and O–H groups in total. The Kier molecular flexibility index (Phi) is 5.54. The van der Waals surface area contributed by atoms with Gasteiger partial charge < -0.3 is 10.3 Å². The van der Waals surface area contributed by atoms with Crippen molar-refractivity contribution in [3.63, 3.8) is 0 Å². The smallest absolute Gasteiger partial charge is 0.145 e. The molecule has 1 aromatic heterocycles. The highest BCUT2D eigenvalue weighted by Gasteiger charge is 2.20. The quantitative estimate of drug-likeness (QED) is 0.611. The summed E-state index contributed by atoms with van der Waals surface area (Å²) in [7, 11) is 0. The monoisotopic (exact) mass is 265 g/mol. The zero-order valence-electron chi connectivity index (χ0n) is 12.8. The number of hydrogen-bond acceptors (Lipinski definition) is 5. The molecule has 1 rings (SSSR count). The van der Waals surface area contributed by atoms with Gasteiger partial charge in [0.2, 0.25) is 0 Å². The maximum atomic E-state index is 5.51. The molecule has 0 spiro atoms. The van der Waals surface area contributed by atoms with Gasteiger partial charge in [0.05, 0.1) is 0 Å². The van der Waals surface area contributed by atoms with Gasteiger partial charge in [-0.3, -0.25) is 0 Å². The fourth-order valence-corrected chi connectivity index (χ4v) is 1.79.